The molecular formula is C23H25ClN2O6. The van der Waals surface area contributed by atoms with Crippen LogP contribution >= 0.6 is 11.6 Å². The zero-order chi connectivity index (χ0) is 23.1. The third-order valence-electron chi connectivity index (χ3n) is 4.84. The lowest BCUT2D eigenvalue weighted by atomic mass is 10.1. The number of carbonyl (C=O) groups is 3. The summed E-state index contributed by atoms with van der Waals surface area (Å²) in [5.74, 6) is -0.540. The van der Waals surface area contributed by atoms with Gasteiger partial charge >= 0.3 is 5.97 Å². The monoisotopic (exact) mass is 460 g/mol. The fourth-order valence-electron chi connectivity index (χ4n) is 3.15. The van der Waals surface area contributed by atoms with E-state index in [9.17, 15) is 14.4 Å². The van der Waals surface area contributed by atoms with Crippen LogP contribution < -0.4 is 14.8 Å². The van der Waals surface area contributed by atoms with E-state index >= 15 is 0 Å². The van der Waals surface area contributed by atoms with E-state index in [1.807, 2.05) is 13.8 Å². The quantitative estimate of drug-likeness (QED) is 0.632. The Balaban J connectivity index is 1.56. The summed E-state index contributed by atoms with van der Waals surface area (Å²) in [6.45, 7) is 5.51. The number of amides is 2. The Kier molecular flexibility index (Phi) is 7.94. The number of nitrogens with one attached hydrogen (secondary N) is 1. The van der Waals surface area contributed by atoms with Crippen molar-refractivity contribution in [2.75, 3.05) is 38.2 Å². The zero-order valence-electron chi connectivity index (χ0n) is 18.0. The first-order valence-electron chi connectivity index (χ1n) is 10.4. The average Bonchev–Trinajstić information content (AvgIpc) is 3.04. The highest BCUT2D eigenvalue weighted by Gasteiger charge is 2.20. The van der Waals surface area contributed by atoms with Crippen LogP contribution in [-0.4, -0.2) is 55.6 Å². The van der Waals surface area contributed by atoms with Crippen molar-refractivity contribution in [3.63, 3.8) is 0 Å². The van der Waals surface area contributed by atoms with Crippen LogP contribution in [0.3, 0.4) is 0 Å². The van der Waals surface area contributed by atoms with Crippen molar-refractivity contribution < 1.29 is 28.6 Å². The summed E-state index contributed by atoms with van der Waals surface area (Å²) in [5, 5.41) is 2.87. The number of halogens is 1. The Morgan fingerprint density at radius 1 is 1.03 bits per heavy atom. The molecule has 0 aromatic heterocycles. The summed E-state index contributed by atoms with van der Waals surface area (Å²) >= 11 is 6.19. The molecule has 0 saturated carbocycles. The van der Waals surface area contributed by atoms with Crippen molar-refractivity contribution in [2.45, 2.75) is 20.3 Å². The zero-order valence-corrected chi connectivity index (χ0v) is 18.7. The summed E-state index contributed by atoms with van der Waals surface area (Å²) in [6, 6.07) is 9.43. The Morgan fingerprint density at radius 3 is 2.41 bits per heavy atom. The molecular weight excluding hydrogens is 436 g/mol. The molecule has 0 fully saturated rings. The van der Waals surface area contributed by atoms with Gasteiger partial charge in [-0.1, -0.05) is 11.6 Å². The number of fused-ring (bicyclic) bond motifs is 1. The van der Waals surface area contributed by atoms with E-state index in [1.165, 1.54) is 12.1 Å². The SMILES string of the molecule is CCN(CC)C(=O)c1ccc(NC(=O)COC(=O)c2cc(Cl)c3c(c2)OCCCO3)cc1. The molecule has 9 heteroatoms. The minimum atomic E-state index is -0.710. The van der Waals surface area contributed by atoms with Gasteiger partial charge in [0.25, 0.3) is 11.8 Å². The van der Waals surface area contributed by atoms with Gasteiger partial charge in [0.15, 0.2) is 18.1 Å². The van der Waals surface area contributed by atoms with E-state index in [4.69, 9.17) is 25.8 Å². The van der Waals surface area contributed by atoms with Crippen molar-refractivity contribution >= 4 is 35.1 Å². The molecule has 2 aromatic rings. The molecule has 0 atom stereocenters. The lowest BCUT2D eigenvalue weighted by Crippen LogP contribution is -2.30. The number of hydrogen-bond donors (Lipinski definition) is 1. The number of nitrogens with zero attached hydrogens (tertiary/aromatic N) is 1. The summed E-state index contributed by atoms with van der Waals surface area (Å²) < 4.78 is 16.2. The minimum Gasteiger partial charge on any atom is -0.489 e. The van der Waals surface area contributed by atoms with Crippen molar-refractivity contribution in [1.29, 1.82) is 0 Å². The number of esters is 1. The first-order chi connectivity index (χ1) is 15.4. The van der Waals surface area contributed by atoms with E-state index in [1.54, 1.807) is 29.2 Å². The van der Waals surface area contributed by atoms with Gasteiger partial charge in [-0.05, 0) is 50.2 Å². The topological polar surface area (TPSA) is 94.2 Å². The maximum Gasteiger partial charge on any atom is 0.338 e. The molecule has 0 bridgehead atoms. The van der Waals surface area contributed by atoms with Crippen LogP contribution in [0.15, 0.2) is 36.4 Å². The van der Waals surface area contributed by atoms with Crippen LogP contribution in [0.25, 0.3) is 0 Å². The minimum absolute atomic E-state index is 0.0735. The molecule has 1 heterocycles. The lowest BCUT2D eigenvalue weighted by Gasteiger charge is -2.18. The maximum absolute atomic E-state index is 12.4. The summed E-state index contributed by atoms with van der Waals surface area (Å²) in [6.07, 6.45) is 0.704. The smallest absolute Gasteiger partial charge is 0.338 e. The Labute approximate surface area is 191 Å². The molecule has 170 valence electrons. The van der Waals surface area contributed by atoms with E-state index in [-0.39, 0.29) is 16.5 Å². The van der Waals surface area contributed by atoms with Gasteiger partial charge in [-0.25, -0.2) is 4.79 Å². The molecule has 0 unspecified atom stereocenters. The van der Waals surface area contributed by atoms with Crippen LogP contribution in [0.2, 0.25) is 5.02 Å². The van der Waals surface area contributed by atoms with Gasteiger partial charge in [0.05, 0.1) is 23.8 Å². The number of hydrogen-bond acceptors (Lipinski definition) is 6. The van der Waals surface area contributed by atoms with Crippen molar-refractivity contribution in [1.82, 2.24) is 4.90 Å². The van der Waals surface area contributed by atoms with Gasteiger partial charge in [0.1, 0.15) is 0 Å². The molecule has 3 rings (SSSR count). The summed E-state index contributed by atoms with van der Waals surface area (Å²) in [7, 11) is 0. The number of benzene rings is 2. The van der Waals surface area contributed by atoms with Gasteiger partial charge in [-0.2, -0.15) is 0 Å². The Bertz CT molecular complexity index is 989. The Morgan fingerprint density at radius 2 is 1.72 bits per heavy atom. The Hall–Kier alpha value is -3.26. The number of rotatable bonds is 7. The van der Waals surface area contributed by atoms with Crippen LogP contribution in [0.1, 0.15) is 41.0 Å². The molecule has 8 nitrogen and oxygen atoms in total. The highest BCUT2D eigenvalue weighted by atomic mass is 35.5. The van der Waals surface area contributed by atoms with Crippen molar-refractivity contribution in [2.24, 2.45) is 0 Å². The molecule has 1 aliphatic heterocycles. The third-order valence-corrected chi connectivity index (χ3v) is 5.12. The lowest BCUT2D eigenvalue weighted by molar-refractivity contribution is -0.119. The van der Waals surface area contributed by atoms with Crippen molar-refractivity contribution in [3.8, 4) is 11.5 Å². The molecule has 32 heavy (non-hydrogen) atoms. The van der Waals surface area contributed by atoms with E-state index < -0.39 is 18.5 Å². The fraction of sp³-hybridized carbons (Fsp3) is 0.348. The predicted octanol–water partition coefficient (Wildman–Crippen LogP) is 3.78. The average molecular weight is 461 g/mol. The van der Waals surface area contributed by atoms with Crippen LogP contribution in [0.4, 0.5) is 5.69 Å². The molecule has 2 amide bonds. The van der Waals surface area contributed by atoms with Gasteiger partial charge in [0.2, 0.25) is 0 Å². The highest BCUT2D eigenvalue weighted by Crippen LogP contribution is 2.38. The fourth-order valence-corrected chi connectivity index (χ4v) is 3.41. The highest BCUT2D eigenvalue weighted by molar-refractivity contribution is 6.32. The second-order valence-electron chi connectivity index (χ2n) is 7.01. The molecule has 0 radical (unpaired) electrons. The summed E-state index contributed by atoms with van der Waals surface area (Å²) in [4.78, 5) is 38.6. The molecule has 0 saturated heterocycles. The van der Waals surface area contributed by atoms with Gasteiger partial charge in [-0.15, -0.1) is 0 Å². The summed E-state index contributed by atoms with van der Waals surface area (Å²) in [5.41, 5.74) is 1.18. The van der Waals surface area contributed by atoms with E-state index in [0.29, 0.717) is 55.5 Å². The second kappa shape index (κ2) is 10.9. The standard InChI is InChI=1S/C23H25ClN2O6/c1-3-26(4-2)22(28)15-6-8-17(9-7-15)25-20(27)14-32-23(29)16-12-18(24)21-19(13-16)30-10-5-11-31-21/h6-9,12-13H,3-5,10-11,14H2,1-2H3,(H,25,27). The predicted molar refractivity (Wildman–Crippen MR) is 120 cm³/mol. The van der Waals surface area contributed by atoms with Crippen LogP contribution in [-0.2, 0) is 9.53 Å². The second-order valence-corrected chi connectivity index (χ2v) is 7.42. The molecule has 0 spiro atoms. The first-order valence-corrected chi connectivity index (χ1v) is 10.8. The van der Waals surface area contributed by atoms with Gasteiger partial charge in [0, 0.05) is 30.8 Å². The first kappa shape index (κ1) is 23.4. The molecule has 1 N–H and O–H groups in total. The van der Waals surface area contributed by atoms with E-state index in [0.717, 1.165) is 0 Å². The van der Waals surface area contributed by atoms with E-state index in [2.05, 4.69) is 5.32 Å². The van der Waals surface area contributed by atoms with Crippen molar-refractivity contribution in [3.05, 3.63) is 52.5 Å². The third kappa shape index (κ3) is 5.70. The van der Waals surface area contributed by atoms with Crippen LogP contribution in [0, 0.1) is 0 Å². The molecule has 1 aliphatic rings. The number of anilines is 1. The molecule has 0 aliphatic carbocycles. The van der Waals surface area contributed by atoms with Gasteiger partial charge in [-0.3, -0.25) is 9.59 Å². The maximum atomic E-state index is 12.4. The number of ether oxygens (including phenoxy) is 3. The number of carbonyl (C=O) groups excluding carboxylic acids is 3. The van der Waals surface area contributed by atoms with Crippen LogP contribution in [0.5, 0.6) is 11.5 Å². The largest absolute Gasteiger partial charge is 0.489 e. The normalized spacial score (nSPS) is 12.5. The molecule has 2 aromatic carbocycles. The van der Waals surface area contributed by atoms with Gasteiger partial charge < -0.3 is 24.4 Å².